The summed E-state index contributed by atoms with van der Waals surface area (Å²) in [5.41, 5.74) is -4.40. The zero-order valence-corrected chi connectivity index (χ0v) is 14.6. The van der Waals surface area contributed by atoms with Gasteiger partial charge >= 0.3 is 0 Å². The minimum atomic E-state index is -1.69. The van der Waals surface area contributed by atoms with Gasteiger partial charge in [-0.25, -0.2) is 0 Å². The normalized spacial score (nSPS) is 43.7. The molecule has 0 aromatic rings. The standard InChI is InChI=1S/C14H24N4O8/c1-12(2)13(17(23)24)4-15-6-14(12,18(25)26)7-16(5-13)11(15)10(22)9(21)8(20)3-19/h8-11,19-22H,3-7H2,1-2H3/t8-,9-,10-,11?,13?,14?/m0/s1. The second kappa shape index (κ2) is 5.78. The van der Waals surface area contributed by atoms with Crippen molar-refractivity contribution < 1.29 is 30.3 Å². The fourth-order valence-electron chi connectivity index (χ4n) is 5.02. The van der Waals surface area contributed by atoms with Crippen LogP contribution in [0.25, 0.3) is 0 Å². The number of piperidine rings is 2. The predicted octanol–water partition coefficient (Wildman–Crippen LogP) is -2.91. The summed E-state index contributed by atoms with van der Waals surface area (Å²) in [5, 5.41) is 63.0. The van der Waals surface area contributed by atoms with Crippen LogP contribution in [0.15, 0.2) is 0 Å². The molecule has 4 rings (SSSR count). The van der Waals surface area contributed by atoms with Gasteiger partial charge in [-0.3, -0.25) is 30.0 Å². The summed E-state index contributed by atoms with van der Waals surface area (Å²) in [6.07, 6.45) is -5.74. The van der Waals surface area contributed by atoms with Crippen LogP contribution in [0.3, 0.4) is 0 Å². The molecular formula is C14H24N4O8. The Labute approximate surface area is 148 Å². The van der Waals surface area contributed by atoms with Gasteiger partial charge in [0.05, 0.1) is 39.0 Å². The Balaban J connectivity index is 2.02. The van der Waals surface area contributed by atoms with E-state index in [1.807, 2.05) is 0 Å². The average Bonchev–Trinajstić information content (AvgIpc) is 2.56. The van der Waals surface area contributed by atoms with E-state index < -0.39 is 57.4 Å². The van der Waals surface area contributed by atoms with E-state index in [0.717, 1.165) is 0 Å². The highest BCUT2D eigenvalue weighted by Crippen LogP contribution is 2.56. The zero-order chi connectivity index (χ0) is 19.7. The van der Waals surface area contributed by atoms with Gasteiger partial charge in [-0.15, -0.1) is 0 Å². The number of aliphatic hydroxyl groups excluding tert-OH is 4. The van der Waals surface area contributed by atoms with Crippen molar-refractivity contribution >= 4 is 0 Å². The lowest BCUT2D eigenvalue weighted by atomic mass is 9.53. The molecule has 0 aromatic carbocycles. The SMILES string of the molecule is CC1(C)C2([N+](=O)[O-])CN3CC1([N+](=O)[O-])CN(C2)C3[C@@H](O)[C@@H](O)[C@@H](O)CO. The first-order chi connectivity index (χ1) is 11.9. The molecule has 148 valence electrons. The van der Waals surface area contributed by atoms with Crippen molar-refractivity contribution in [2.45, 2.75) is 49.4 Å². The fraction of sp³-hybridized carbons (Fsp3) is 1.00. The highest BCUT2D eigenvalue weighted by molar-refractivity contribution is 5.22. The van der Waals surface area contributed by atoms with Gasteiger partial charge in [-0.1, -0.05) is 0 Å². The lowest BCUT2D eigenvalue weighted by molar-refractivity contribution is -0.679. The average molecular weight is 376 g/mol. The van der Waals surface area contributed by atoms with Crippen molar-refractivity contribution in [2.24, 2.45) is 5.41 Å². The molecule has 0 spiro atoms. The third kappa shape index (κ3) is 2.11. The predicted molar refractivity (Wildman–Crippen MR) is 85.3 cm³/mol. The number of hydrogen-bond acceptors (Lipinski definition) is 10. The molecule has 4 heterocycles. The molecule has 4 aliphatic heterocycles. The molecule has 0 aliphatic carbocycles. The number of aliphatic hydroxyl groups is 4. The monoisotopic (exact) mass is 376 g/mol. The Kier molecular flexibility index (Phi) is 4.29. The molecule has 4 saturated heterocycles. The molecule has 0 unspecified atom stereocenters. The van der Waals surface area contributed by atoms with Gasteiger partial charge in [-0.05, 0) is 13.8 Å². The summed E-state index contributed by atoms with van der Waals surface area (Å²) in [7, 11) is 0. The van der Waals surface area contributed by atoms with Gasteiger partial charge in [0.2, 0.25) is 0 Å². The zero-order valence-electron chi connectivity index (χ0n) is 14.6. The third-order valence-electron chi connectivity index (χ3n) is 6.87. The van der Waals surface area contributed by atoms with Crippen molar-refractivity contribution in [3.8, 4) is 0 Å². The number of nitro groups is 2. The molecule has 4 fully saturated rings. The maximum Gasteiger partial charge on any atom is 0.259 e. The molecule has 4 aliphatic rings. The molecule has 12 heteroatoms. The summed E-state index contributed by atoms with van der Waals surface area (Å²) in [5.74, 6) is 0. The first kappa shape index (κ1) is 19.3. The quantitative estimate of drug-likeness (QED) is 0.278. The summed E-state index contributed by atoms with van der Waals surface area (Å²) < 4.78 is 0. The van der Waals surface area contributed by atoms with Gasteiger partial charge in [0.1, 0.15) is 23.7 Å². The minimum absolute atomic E-state index is 0.108. The summed E-state index contributed by atoms with van der Waals surface area (Å²) in [6.45, 7) is 1.90. The topological polar surface area (TPSA) is 174 Å². The second-order valence-electron chi connectivity index (χ2n) is 8.16. The summed E-state index contributed by atoms with van der Waals surface area (Å²) >= 11 is 0. The molecule has 0 saturated carbocycles. The largest absolute Gasteiger partial charge is 0.394 e. The highest BCUT2D eigenvalue weighted by Gasteiger charge is 2.82. The lowest BCUT2D eigenvalue weighted by Gasteiger charge is -2.66. The van der Waals surface area contributed by atoms with Crippen molar-refractivity contribution in [3.05, 3.63) is 20.2 Å². The van der Waals surface area contributed by atoms with Crippen LogP contribution < -0.4 is 0 Å². The van der Waals surface area contributed by atoms with Crippen LogP contribution in [0.1, 0.15) is 13.8 Å². The van der Waals surface area contributed by atoms with Gasteiger partial charge in [0, 0.05) is 9.85 Å². The van der Waals surface area contributed by atoms with Crippen LogP contribution in [0, 0.1) is 25.6 Å². The van der Waals surface area contributed by atoms with E-state index in [1.165, 1.54) is 9.80 Å². The van der Waals surface area contributed by atoms with E-state index in [4.69, 9.17) is 5.11 Å². The Bertz CT molecular complexity index is 576. The lowest BCUT2D eigenvalue weighted by Crippen LogP contribution is -2.91. The second-order valence-corrected chi connectivity index (χ2v) is 8.16. The number of rotatable bonds is 6. The van der Waals surface area contributed by atoms with Gasteiger partial charge < -0.3 is 20.4 Å². The van der Waals surface area contributed by atoms with Crippen LogP contribution in [0.2, 0.25) is 0 Å². The van der Waals surface area contributed by atoms with Crippen LogP contribution in [-0.2, 0) is 0 Å². The Morgan fingerprint density at radius 2 is 1.38 bits per heavy atom. The number of hydrogen-bond donors (Lipinski definition) is 4. The first-order valence-corrected chi connectivity index (χ1v) is 8.37. The van der Waals surface area contributed by atoms with E-state index in [2.05, 4.69) is 0 Å². The van der Waals surface area contributed by atoms with Crippen LogP contribution >= 0.6 is 0 Å². The van der Waals surface area contributed by atoms with E-state index in [1.54, 1.807) is 13.8 Å². The Hall–Kier alpha value is -1.44. The molecule has 3 atom stereocenters. The molecule has 12 nitrogen and oxygen atoms in total. The molecule has 4 bridgehead atoms. The van der Waals surface area contributed by atoms with Crippen molar-refractivity contribution in [1.82, 2.24) is 9.80 Å². The molecular weight excluding hydrogens is 352 g/mol. The summed E-state index contributed by atoms with van der Waals surface area (Å²) in [4.78, 5) is 25.8. The fourth-order valence-corrected chi connectivity index (χ4v) is 5.02. The Morgan fingerprint density at radius 1 is 1.00 bits per heavy atom. The van der Waals surface area contributed by atoms with Crippen molar-refractivity contribution in [2.75, 3.05) is 32.8 Å². The third-order valence-corrected chi connectivity index (χ3v) is 6.87. The van der Waals surface area contributed by atoms with E-state index in [9.17, 15) is 35.5 Å². The van der Waals surface area contributed by atoms with Gasteiger partial charge in [0.15, 0.2) is 0 Å². The molecule has 0 radical (unpaired) electrons. The number of nitrogens with zero attached hydrogens (tertiary/aromatic N) is 4. The maximum atomic E-state index is 11.9. The first-order valence-electron chi connectivity index (χ1n) is 8.37. The molecule has 0 amide bonds. The molecule has 26 heavy (non-hydrogen) atoms. The highest BCUT2D eigenvalue weighted by atomic mass is 16.6. The smallest absolute Gasteiger partial charge is 0.259 e. The molecule has 4 N–H and O–H groups in total. The van der Waals surface area contributed by atoms with Crippen LogP contribution in [0.5, 0.6) is 0 Å². The van der Waals surface area contributed by atoms with Crippen molar-refractivity contribution in [1.29, 1.82) is 0 Å². The van der Waals surface area contributed by atoms with Crippen LogP contribution in [0.4, 0.5) is 0 Å². The van der Waals surface area contributed by atoms with Crippen LogP contribution in [-0.4, -0.2) is 108 Å². The van der Waals surface area contributed by atoms with Gasteiger partial charge in [0.25, 0.3) is 11.1 Å². The van der Waals surface area contributed by atoms with Gasteiger partial charge in [-0.2, -0.15) is 0 Å². The van der Waals surface area contributed by atoms with E-state index in [-0.39, 0.29) is 26.2 Å². The van der Waals surface area contributed by atoms with Crippen molar-refractivity contribution in [3.63, 3.8) is 0 Å². The summed E-state index contributed by atoms with van der Waals surface area (Å²) in [6, 6.07) is 0. The minimum Gasteiger partial charge on any atom is -0.394 e. The van der Waals surface area contributed by atoms with E-state index >= 15 is 0 Å². The Morgan fingerprint density at radius 3 is 1.69 bits per heavy atom. The molecule has 0 aromatic heterocycles. The van der Waals surface area contributed by atoms with E-state index in [0.29, 0.717) is 0 Å². The maximum absolute atomic E-state index is 11.9.